The van der Waals surface area contributed by atoms with Gasteiger partial charge in [-0.05, 0) is 90.5 Å². The Morgan fingerprint density at radius 1 is 0.321 bits per heavy atom. The average molecular weight is 676 g/mol. The molecule has 0 aliphatic rings. The Kier molecular flexibility index (Phi) is 7.47. The van der Waals surface area contributed by atoms with Crippen LogP contribution in [0.3, 0.4) is 0 Å². The summed E-state index contributed by atoms with van der Waals surface area (Å²) in [4.78, 5) is 13.8. The Hall–Kier alpha value is -7.10. The van der Waals surface area contributed by atoms with Crippen molar-refractivity contribution in [3.63, 3.8) is 0 Å². The van der Waals surface area contributed by atoms with Gasteiger partial charge in [0, 0.05) is 28.6 Å². The molecule has 2 heterocycles. The SMILES string of the molecule is c1cc(-c2nc(-c3ccc(-c4ccc(-c5ccc[nH]5)cc4)cc3)cc(-c3cccc4ccccc34)n2)cc(-c2cc3ccccc3c3ccccc23)c1. The van der Waals surface area contributed by atoms with E-state index < -0.39 is 0 Å². The summed E-state index contributed by atoms with van der Waals surface area (Å²) in [7, 11) is 0. The smallest absolute Gasteiger partial charge is 0.160 e. The summed E-state index contributed by atoms with van der Waals surface area (Å²) >= 11 is 0. The number of aromatic nitrogens is 3. The molecular weight excluding hydrogens is 643 g/mol. The molecule has 10 aromatic rings. The largest absolute Gasteiger partial charge is 0.361 e. The topological polar surface area (TPSA) is 41.6 Å². The zero-order valence-corrected chi connectivity index (χ0v) is 28.9. The van der Waals surface area contributed by atoms with E-state index in [2.05, 4.69) is 187 Å². The lowest BCUT2D eigenvalue weighted by Crippen LogP contribution is -1.97. The van der Waals surface area contributed by atoms with E-state index in [0.29, 0.717) is 5.82 Å². The third-order valence-electron chi connectivity index (χ3n) is 10.3. The van der Waals surface area contributed by atoms with Gasteiger partial charge in [-0.25, -0.2) is 9.97 Å². The van der Waals surface area contributed by atoms with Crippen molar-refractivity contribution in [2.24, 2.45) is 0 Å². The van der Waals surface area contributed by atoms with Gasteiger partial charge >= 0.3 is 0 Å². The zero-order chi connectivity index (χ0) is 35.1. The first kappa shape index (κ1) is 30.7. The van der Waals surface area contributed by atoms with E-state index in [9.17, 15) is 0 Å². The second kappa shape index (κ2) is 12.9. The van der Waals surface area contributed by atoms with Crippen LogP contribution in [-0.2, 0) is 0 Å². The average Bonchev–Trinajstić information content (AvgIpc) is 3.79. The molecule has 0 radical (unpaired) electrons. The summed E-state index contributed by atoms with van der Waals surface area (Å²) in [6.45, 7) is 0. The van der Waals surface area contributed by atoms with E-state index in [1.165, 1.54) is 49.0 Å². The van der Waals surface area contributed by atoms with Gasteiger partial charge in [-0.3, -0.25) is 0 Å². The van der Waals surface area contributed by atoms with E-state index in [0.717, 1.165) is 44.9 Å². The number of H-pyrrole nitrogens is 1. The fourth-order valence-corrected chi connectivity index (χ4v) is 7.62. The van der Waals surface area contributed by atoms with Crippen molar-refractivity contribution in [2.75, 3.05) is 0 Å². The van der Waals surface area contributed by atoms with Gasteiger partial charge in [0.25, 0.3) is 0 Å². The first-order valence-electron chi connectivity index (χ1n) is 18.0. The summed E-state index contributed by atoms with van der Waals surface area (Å²) in [5, 5.41) is 7.32. The second-order valence-corrected chi connectivity index (χ2v) is 13.5. The van der Waals surface area contributed by atoms with Crippen molar-refractivity contribution >= 4 is 32.3 Å². The van der Waals surface area contributed by atoms with Gasteiger partial charge in [-0.2, -0.15) is 0 Å². The normalized spacial score (nSPS) is 11.4. The maximum absolute atomic E-state index is 5.28. The lowest BCUT2D eigenvalue weighted by Gasteiger charge is -2.14. The quantitative estimate of drug-likeness (QED) is 0.178. The monoisotopic (exact) mass is 675 g/mol. The predicted octanol–water partition coefficient (Wildman–Crippen LogP) is 13.3. The molecule has 0 bridgehead atoms. The van der Waals surface area contributed by atoms with Crippen LogP contribution >= 0.6 is 0 Å². The van der Waals surface area contributed by atoms with Crippen LogP contribution in [0.2, 0.25) is 0 Å². The Morgan fingerprint density at radius 2 is 0.925 bits per heavy atom. The molecule has 0 fully saturated rings. The highest BCUT2D eigenvalue weighted by atomic mass is 14.9. The lowest BCUT2D eigenvalue weighted by atomic mass is 9.92. The Bertz CT molecular complexity index is 2920. The zero-order valence-electron chi connectivity index (χ0n) is 28.9. The van der Waals surface area contributed by atoms with Crippen LogP contribution in [0.15, 0.2) is 194 Å². The second-order valence-electron chi connectivity index (χ2n) is 13.5. The minimum Gasteiger partial charge on any atom is -0.361 e. The Balaban J connectivity index is 1.09. The maximum Gasteiger partial charge on any atom is 0.160 e. The highest BCUT2D eigenvalue weighted by Gasteiger charge is 2.15. The first-order chi connectivity index (χ1) is 26.2. The van der Waals surface area contributed by atoms with Gasteiger partial charge in [0.15, 0.2) is 5.82 Å². The van der Waals surface area contributed by atoms with Crippen molar-refractivity contribution in [2.45, 2.75) is 0 Å². The van der Waals surface area contributed by atoms with Crippen molar-refractivity contribution in [3.8, 4) is 67.4 Å². The van der Waals surface area contributed by atoms with Crippen LogP contribution in [-0.4, -0.2) is 15.0 Å². The number of rotatable bonds is 6. The van der Waals surface area contributed by atoms with E-state index in [4.69, 9.17) is 9.97 Å². The molecule has 0 saturated heterocycles. The number of hydrogen-bond donors (Lipinski definition) is 1. The first-order valence-corrected chi connectivity index (χ1v) is 18.0. The van der Waals surface area contributed by atoms with Gasteiger partial charge in [0.2, 0.25) is 0 Å². The number of nitrogens with zero attached hydrogens (tertiary/aromatic N) is 2. The van der Waals surface area contributed by atoms with Crippen LogP contribution in [0.25, 0.3) is 99.7 Å². The van der Waals surface area contributed by atoms with Crippen molar-refractivity contribution < 1.29 is 0 Å². The Morgan fingerprint density at radius 3 is 1.70 bits per heavy atom. The van der Waals surface area contributed by atoms with E-state index in [1.54, 1.807) is 0 Å². The predicted molar refractivity (Wildman–Crippen MR) is 222 cm³/mol. The van der Waals surface area contributed by atoms with Crippen LogP contribution in [0.1, 0.15) is 0 Å². The van der Waals surface area contributed by atoms with Gasteiger partial charge in [0.1, 0.15) is 0 Å². The van der Waals surface area contributed by atoms with Crippen LogP contribution in [0, 0.1) is 0 Å². The number of nitrogens with one attached hydrogen (secondary N) is 1. The van der Waals surface area contributed by atoms with Crippen molar-refractivity contribution in [1.82, 2.24) is 15.0 Å². The molecule has 0 saturated carbocycles. The molecule has 53 heavy (non-hydrogen) atoms. The molecule has 0 amide bonds. The highest BCUT2D eigenvalue weighted by molar-refractivity contribution is 6.13. The van der Waals surface area contributed by atoms with E-state index in [1.807, 2.05) is 12.3 Å². The molecule has 0 atom stereocenters. The molecule has 0 unspecified atom stereocenters. The van der Waals surface area contributed by atoms with Gasteiger partial charge in [-0.15, -0.1) is 0 Å². The number of benzene rings is 8. The molecule has 1 N–H and O–H groups in total. The number of hydrogen-bond acceptors (Lipinski definition) is 2. The summed E-state index contributed by atoms with van der Waals surface area (Å²) in [6.07, 6.45) is 1.95. The van der Waals surface area contributed by atoms with E-state index in [-0.39, 0.29) is 0 Å². The molecule has 0 aliphatic carbocycles. The minimum atomic E-state index is 0.696. The fraction of sp³-hybridized carbons (Fsp3) is 0. The Labute approximate surface area is 307 Å². The van der Waals surface area contributed by atoms with Gasteiger partial charge < -0.3 is 4.98 Å². The summed E-state index contributed by atoms with van der Waals surface area (Å²) in [6, 6.07) is 66.9. The summed E-state index contributed by atoms with van der Waals surface area (Å²) < 4.78 is 0. The van der Waals surface area contributed by atoms with Crippen LogP contribution in [0.5, 0.6) is 0 Å². The molecule has 0 spiro atoms. The third kappa shape index (κ3) is 5.65. The van der Waals surface area contributed by atoms with Crippen LogP contribution < -0.4 is 0 Å². The summed E-state index contributed by atoms with van der Waals surface area (Å²) in [5.41, 5.74) is 11.8. The highest BCUT2D eigenvalue weighted by Crippen LogP contribution is 2.37. The molecular formula is C50H33N3. The molecule has 3 nitrogen and oxygen atoms in total. The summed E-state index contributed by atoms with van der Waals surface area (Å²) in [5.74, 6) is 0.696. The molecule has 8 aromatic carbocycles. The lowest BCUT2D eigenvalue weighted by molar-refractivity contribution is 1.19. The number of fused-ring (bicyclic) bond motifs is 4. The third-order valence-corrected chi connectivity index (χ3v) is 10.3. The van der Waals surface area contributed by atoms with Gasteiger partial charge in [0.05, 0.1) is 11.4 Å². The maximum atomic E-state index is 5.28. The van der Waals surface area contributed by atoms with Crippen molar-refractivity contribution in [1.29, 1.82) is 0 Å². The molecule has 10 rings (SSSR count). The minimum absolute atomic E-state index is 0.696. The molecule has 0 aliphatic heterocycles. The van der Waals surface area contributed by atoms with Crippen molar-refractivity contribution in [3.05, 3.63) is 194 Å². The van der Waals surface area contributed by atoms with Crippen LogP contribution in [0.4, 0.5) is 0 Å². The van der Waals surface area contributed by atoms with E-state index >= 15 is 0 Å². The van der Waals surface area contributed by atoms with Gasteiger partial charge in [-0.1, -0.05) is 158 Å². The fourth-order valence-electron chi connectivity index (χ4n) is 7.62. The molecule has 2 aromatic heterocycles. The molecule has 3 heteroatoms. The standard InChI is InChI=1S/C50H33N3/c1-3-15-41-35(10-1)12-8-19-45(41)49-32-48(37-27-23-34(24-28-37)33-21-25-36(26-22-33)47-20-9-29-51-47)52-50(53-49)40-14-7-13-38(30-40)46-31-39-11-2-4-16-42(39)43-17-5-6-18-44(43)46/h1-32,51H. The molecule has 248 valence electrons. The number of aromatic amines is 1.